The van der Waals surface area contributed by atoms with Gasteiger partial charge in [-0.2, -0.15) is 0 Å². The van der Waals surface area contributed by atoms with Gasteiger partial charge in [-0.3, -0.25) is 9.59 Å². The molecule has 6 nitrogen and oxygen atoms in total. The highest BCUT2D eigenvalue weighted by Gasteiger charge is 2.46. The Labute approximate surface area is 201 Å². The van der Waals surface area contributed by atoms with Crippen molar-refractivity contribution in [2.75, 3.05) is 26.2 Å². The summed E-state index contributed by atoms with van der Waals surface area (Å²) in [7, 11) is 0. The number of carbonyl (C=O) groups is 2. The zero-order valence-electron chi connectivity index (χ0n) is 20.5. The Kier molecular flexibility index (Phi) is 7.08. The number of benzene rings is 2. The van der Waals surface area contributed by atoms with Crippen molar-refractivity contribution in [3.05, 3.63) is 70.3 Å². The van der Waals surface area contributed by atoms with Crippen LogP contribution in [0.15, 0.2) is 48.0 Å². The van der Waals surface area contributed by atoms with Gasteiger partial charge in [0.2, 0.25) is 0 Å². The standard InChI is InChI=1S/C28H34N2O4/c1-5-19-8-10-20(11-9-19)25-24(27(32)28(33)30(25)15-14-29(6-2)7-3)26(31)21-12-13-23-22(17-21)16-18(4)34-23/h8-13,17-18,25,31H,5-7,14-16H2,1-4H3/b26-24+. The summed E-state index contributed by atoms with van der Waals surface area (Å²) in [6.45, 7) is 11.1. The molecule has 0 bridgehead atoms. The monoisotopic (exact) mass is 462 g/mol. The van der Waals surface area contributed by atoms with Crippen molar-refractivity contribution in [2.24, 2.45) is 0 Å². The Hall–Kier alpha value is -3.12. The SMILES string of the molecule is CCc1ccc(C2/C(=C(\O)c3ccc4c(c3)CC(C)O4)C(=O)C(=O)N2CCN(CC)CC)cc1. The molecule has 0 aromatic heterocycles. The number of aliphatic hydroxyl groups excluding tert-OH is 1. The van der Waals surface area contributed by atoms with Gasteiger partial charge in [-0.05, 0) is 61.3 Å². The van der Waals surface area contributed by atoms with Crippen molar-refractivity contribution in [1.82, 2.24) is 9.80 Å². The molecule has 4 rings (SSSR count). The van der Waals surface area contributed by atoms with Crippen LogP contribution in [0.1, 0.15) is 56.0 Å². The highest BCUT2D eigenvalue weighted by molar-refractivity contribution is 6.46. The molecule has 2 atom stereocenters. The lowest BCUT2D eigenvalue weighted by Crippen LogP contribution is -2.38. The van der Waals surface area contributed by atoms with Crippen LogP contribution in [0, 0.1) is 0 Å². The number of rotatable bonds is 8. The van der Waals surface area contributed by atoms with E-state index in [9.17, 15) is 14.7 Å². The van der Waals surface area contributed by atoms with E-state index in [1.807, 2.05) is 43.3 Å². The van der Waals surface area contributed by atoms with Gasteiger partial charge < -0.3 is 19.6 Å². The second-order valence-electron chi connectivity index (χ2n) is 9.07. The quantitative estimate of drug-likeness (QED) is 0.359. The normalized spacial score (nSPS) is 21.3. The van der Waals surface area contributed by atoms with Crippen LogP contribution in [0.4, 0.5) is 0 Å². The van der Waals surface area contributed by atoms with Gasteiger partial charge in [0.15, 0.2) is 0 Å². The Morgan fingerprint density at radius 1 is 1.09 bits per heavy atom. The van der Waals surface area contributed by atoms with Crippen molar-refractivity contribution < 1.29 is 19.4 Å². The predicted molar refractivity (Wildman–Crippen MR) is 133 cm³/mol. The number of Topliss-reactive ketones (excluding diaryl/α,β-unsaturated/α-hetero) is 1. The number of nitrogens with zero attached hydrogens (tertiary/aromatic N) is 2. The van der Waals surface area contributed by atoms with Crippen molar-refractivity contribution in [1.29, 1.82) is 0 Å². The van der Waals surface area contributed by atoms with E-state index in [0.29, 0.717) is 18.7 Å². The summed E-state index contributed by atoms with van der Waals surface area (Å²) < 4.78 is 5.78. The molecule has 0 spiro atoms. The molecule has 2 aliphatic heterocycles. The fourth-order valence-corrected chi connectivity index (χ4v) is 4.91. The predicted octanol–water partition coefficient (Wildman–Crippen LogP) is 4.34. The summed E-state index contributed by atoms with van der Waals surface area (Å²) >= 11 is 0. The lowest BCUT2D eigenvalue weighted by Gasteiger charge is -2.28. The molecule has 1 fully saturated rings. The molecule has 1 saturated heterocycles. The zero-order valence-corrected chi connectivity index (χ0v) is 20.5. The summed E-state index contributed by atoms with van der Waals surface area (Å²) in [6, 6.07) is 12.8. The smallest absolute Gasteiger partial charge is 0.295 e. The first kappa shape index (κ1) is 24.0. The molecule has 1 amide bonds. The van der Waals surface area contributed by atoms with Gasteiger partial charge in [-0.1, -0.05) is 45.0 Å². The van der Waals surface area contributed by atoms with Gasteiger partial charge in [0, 0.05) is 25.1 Å². The van der Waals surface area contributed by atoms with Gasteiger partial charge in [-0.25, -0.2) is 0 Å². The van der Waals surface area contributed by atoms with Crippen LogP contribution >= 0.6 is 0 Å². The van der Waals surface area contributed by atoms with Crippen LogP contribution in [0.2, 0.25) is 0 Å². The Morgan fingerprint density at radius 2 is 1.79 bits per heavy atom. The minimum atomic E-state index is -0.633. The number of likely N-dealkylation sites (tertiary alicyclic amines) is 1. The van der Waals surface area contributed by atoms with Crippen LogP contribution in [-0.4, -0.2) is 58.9 Å². The summed E-state index contributed by atoms with van der Waals surface area (Å²) in [5.41, 5.74) is 3.69. The van der Waals surface area contributed by atoms with E-state index in [1.54, 1.807) is 11.0 Å². The number of hydrogen-bond acceptors (Lipinski definition) is 5. The lowest BCUT2D eigenvalue weighted by atomic mass is 9.93. The topological polar surface area (TPSA) is 70.1 Å². The van der Waals surface area contributed by atoms with Crippen molar-refractivity contribution in [3.8, 4) is 5.75 Å². The van der Waals surface area contributed by atoms with E-state index in [1.165, 1.54) is 5.56 Å². The van der Waals surface area contributed by atoms with Crippen molar-refractivity contribution in [2.45, 2.75) is 52.7 Å². The molecule has 2 aliphatic rings. The van der Waals surface area contributed by atoms with Crippen LogP contribution in [-0.2, 0) is 22.4 Å². The number of aliphatic hydroxyl groups is 1. The number of fused-ring (bicyclic) bond motifs is 1. The third-order valence-corrected chi connectivity index (χ3v) is 6.96. The molecule has 2 aromatic rings. The first-order valence-electron chi connectivity index (χ1n) is 12.3. The minimum absolute atomic E-state index is 0.0788. The molecule has 2 heterocycles. The molecule has 2 aromatic carbocycles. The molecule has 0 saturated carbocycles. The minimum Gasteiger partial charge on any atom is -0.507 e. The summed E-state index contributed by atoms with van der Waals surface area (Å²) in [5.74, 6) is -0.519. The molecule has 2 unspecified atom stereocenters. The summed E-state index contributed by atoms with van der Waals surface area (Å²) in [6.07, 6.45) is 1.73. The van der Waals surface area contributed by atoms with Gasteiger partial charge in [0.25, 0.3) is 11.7 Å². The number of hydrogen-bond donors (Lipinski definition) is 1. The lowest BCUT2D eigenvalue weighted by molar-refractivity contribution is -0.140. The molecule has 1 N–H and O–H groups in total. The van der Waals surface area contributed by atoms with Gasteiger partial charge in [0.05, 0.1) is 11.6 Å². The fourth-order valence-electron chi connectivity index (χ4n) is 4.91. The Morgan fingerprint density at radius 3 is 2.44 bits per heavy atom. The molecule has 180 valence electrons. The van der Waals surface area contributed by atoms with Crippen LogP contribution in [0.3, 0.4) is 0 Å². The number of aryl methyl sites for hydroxylation is 1. The van der Waals surface area contributed by atoms with E-state index in [4.69, 9.17) is 4.74 Å². The Balaban J connectivity index is 1.77. The molecule has 0 radical (unpaired) electrons. The fraction of sp³-hybridized carbons (Fsp3) is 0.429. The second kappa shape index (κ2) is 10.0. The first-order valence-corrected chi connectivity index (χ1v) is 12.3. The van der Waals surface area contributed by atoms with Gasteiger partial charge >= 0.3 is 0 Å². The average Bonchev–Trinajstić information content (AvgIpc) is 3.35. The van der Waals surface area contributed by atoms with Crippen molar-refractivity contribution >= 4 is 17.4 Å². The van der Waals surface area contributed by atoms with E-state index in [-0.39, 0.29) is 17.4 Å². The number of carbonyl (C=O) groups excluding carboxylic acids is 2. The number of ether oxygens (including phenoxy) is 1. The average molecular weight is 463 g/mol. The Bertz CT molecular complexity index is 1100. The third kappa shape index (κ3) is 4.47. The van der Waals surface area contributed by atoms with Crippen LogP contribution < -0.4 is 4.74 Å². The molecular weight excluding hydrogens is 428 g/mol. The van der Waals surface area contributed by atoms with Crippen LogP contribution in [0.25, 0.3) is 5.76 Å². The number of likely N-dealkylation sites (N-methyl/N-ethyl adjacent to an activating group) is 1. The number of amides is 1. The molecule has 34 heavy (non-hydrogen) atoms. The zero-order chi connectivity index (χ0) is 24.4. The summed E-state index contributed by atoms with van der Waals surface area (Å²) in [4.78, 5) is 30.3. The molecule has 6 heteroatoms. The molecular formula is C28H34N2O4. The second-order valence-corrected chi connectivity index (χ2v) is 9.07. The van der Waals surface area contributed by atoms with Crippen LogP contribution in [0.5, 0.6) is 5.75 Å². The number of ketones is 1. The van der Waals surface area contributed by atoms with E-state index in [2.05, 4.69) is 25.7 Å². The van der Waals surface area contributed by atoms with E-state index in [0.717, 1.165) is 42.8 Å². The maximum absolute atomic E-state index is 13.3. The van der Waals surface area contributed by atoms with Crippen molar-refractivity contribution in [3.63, 3.8) is 0 Å². The summed E-state index contributed by atoms with van der Waals surface area (Å²) in [5, 5.41) is 11.4. The largest absolute Gasteiger partial charge is 0.507 e. The first-order chi connectivity index (χ1) is 16.4. The highest BCUT2D eigenvalue weighted by Crippen LogP contribution is 2.40. The third-order valence-electron chi connectivity index (χ3n) is 6.96. The van der Waals surface area contributed by atoms with Gasteiger partial charge in [-0.15, -0.1) is 0 Å². The maximum atomic E-state index is 13.3. The molecule has 0 aliphatic carbocycles. The highest BCUT2D eigenvalue weighted by atomic mass is 16.5. The van der Waals surface area contributed by atoms with E-state index >= 15 is 0 Å². The van der Waals surface area contributed by atoms with E-state index < -0.39 is 17.7 Å². The maximum Gasteiger partial charge on any atom is 0.295 e. The van der Waals surface area contributed by atoms with Gasteiger partial charge in [0.1, 0.15) is 17.6 Å².